The van der Waals surface area contributed by atoms with Crippen LogP contribution in [0.1, 0.15) is 88.1 Å². The van der Waals surface area contributed by atoms with Crippen molar-refractivity contribution in [3.8, 4) is 56.6 Å². The zero-order valence-corrected chi connectivity index (χ0v) is 36.8. The van der Waals surface area contributed by atoms with Gasteiger partial charge in [0.15, 0.2) is 0 Å². The number of hydrogen-bond acceptors (Lipinski definition) is 3. The summed E-state index contributed by atoms with van der Waals surface area (Å²) in [4.78, 5) is 9.99. The van der Waals surface area contributed by atoms with Gasteiger partial charge in [-0.15, -0.1) is 0 Å². The maximum Gasteiger partial charge on any atom is 0.144 e. The number of fused-ring (bicyclic) bond motifs is 3. The van der Waals surface area contributed by atoms with Crippen LogP contribution in [0.4, 0.5) is 0 Å². The second kappa shape index (κ2) is 15.7. The summed E-state index contributed by atoms with van der Waals surface area (Å²) in [6.45, 7) is 20.2. The lowest BCUT2D eigenvalue weighted by Gasteiger charge is -2.20. The summed E-state index contributed by atoms with van der Waals surface area (Å²) in [5, 5.41) is 2.31. The molecule has 61 heavy (non-hydrogen) atoms. The number of benzene rings is 6. The van der Waals surface area contributed by atoms with Crippen molar-refractivity contribution in [1.29, 1.82) is 0 Å². The van der Waals surface area contributed by atoms with E-state index in [4.69, 9.17) is 14.7 Å². The number of ether oxygens (including phenoxy) is 1. The van der Waals surface area contributed by atoms with Gasteiger partial charge in [0.25, 0.3) is 0 Å². The van der Waals surface area contributed by atoms with Crippen LogP contribution in [0.5, 0.6) is 11.5 Å². The van der Waals surface area contributed by atoms with E-state index < -0.39 is 0 Å². The SMILES string of the molecule is Cc1cccc(C)c1-c1cc(Oc2ccc3c4ccccc4n(-c4cc(-c5c(C(C)C)cccc5C(C)C)ccn4)c3c2)cc(-c2nccn2-c2cccc(C(C)(C)C)c2)c1. The maximum absolute atomic E-state index is 6.97. The zero-order valence-electron chi connectivity index (χ0n) is 36.8. The van der Waals surface area contributed by atoms with Crippen LogP contribution in [-0.2, 0) is 5.41 Å². The summed E-state index contributed by atoms with van der Waals surface area (Å²) < 4.78 is 11.4. The molecule has 0 amide bonds. The van der Waals surface area contributed by atoms with Crippen molar-refractivity contribution >= 4 is 21.8 Å². The van der Waals surface area contributed by atoms with Crippen LogP contribution >= 0.6 is 0 Å². The van der Waals surface area contributed by atoms with E-state index in [1.807, 2.05) is 18.6 Å². The molecule has 3 heterocycles. The van der Waals surface area contributed by atoms with Crippen molar-refractivity contribution in [2.45, 2.75) is 79.6 Å². The Hall–Kier alpha value is -6.72. The molecule has 0 fully saturated rings. The summed E-state index contributed by atoms with van der Waals surface area (Å²) in [5.74, 6) is 3.96. The van der Waals surface area contributed by atoms with E-state index in [1.165, 1.54) is 49.9 Å². The molecule has 0 aliphatic rings. The lowest BCUT2D eigenvalue weighted by atomic mass is 9.85. The number of pyridine rings is 1. The Balaban J connectivity index is 1.19. The molecule has 0 aliphatic heterocycles. The van der Waals surface area contributed by atoms with Gasteiger partial charge in [0.2, 0.25) is 0 Å². The fourth-order valence-corrected chi connectivity index (χ4v) is 9.03. The highest BCUT2D eigenvalue weighted by atomic mass is 16.5. The smallest absolute Gasteiger partial charge is 0.144 e. The molecule has 0 saturated heterocycles. The molecule has 0 bridgehead atoms. The van der Waals surface area contributed by atoms with Crippen molar-refractivity contribution < 1.29 is 4.74 Å². The fraction of sp³-hybridized carbons (Fsp3) is 0.214. The summed E-state index contributed by atoms with van der Waals surface area (Å²) in [7, 11) is 0. The highest BCUT2D eigenvalue weighted by molar-refractivity contribution is 6.09. The standard InChI is InChI=1S/C56H54N4O/c1-35(2)46-20-14-21-47(36(3)4)54(46)39-25-26-57-52(32-39)60-50-22-11-10-19-48(50)49-24-23-44(34-51(49)60)61-45-30-40(53-37(5)15-12-16-38(53)6)29-41(31-45)55-58-27-28-59(55)43-18-13-17-42(33-43)56(7,8)9/h10-36H,1-9H3. The van der Waals surface area contributed by atoms with Crippen LogP contribution in [0.25, 0.3) is 67.0 Å². The van der Waals surface area contributed by atoms with Crippen LogP contribution in [-0.4, -0.2) is 19.1 Å². The molecule has 0 unspecified atom stereocenters. The molecule has 0 atom stereocenters. The highest BCUT2D eigenvalue weighted by Gasteiger charge is 2.21. The van der Waals surface area contributed by atoms with Gasteiger partial charge in [-0.1, -0.05) is 115 Å². The van der Waals surface area contributed by atoms with E-state index in [-0.39, 0.29) is 5.41 Å². The first-order chi connectivity index (χ1) is 29.4. The van der Waals surface area contributed by atoms with Gasteiger partial charge in [-0.2, -0.15) is 0 Å². The maximum atomic E-state index is 6.97. The van der Waals surface area contributed by atoms with Crippen molar-refractivity contribution in [2.24, 2.45) is 0 Å². The van der Waals surface area contributed by atoms with Crippen LogP contribution in [0.15, 0.2) is 152 Å². The first-order valence-electron chi connectivity index (χ1n) is 21.5. The predicted octanol–water partition coefficient (Wildman–Crippen LogP) is 15.3. The zero-order chi connectivity index (χ0) is 42.6. The lowest BCUT2D eigenvalue weighted by molar-refractivity contribution is 0.483. The van der Waals surface area contributed by atoms with Gasteiger partial charge in [0, 0.05) is 46.7 Å². The van der Waals surface area contributed by atoms with Crippen molar-refractivity contribution in [3.63, 3.8) is 0 Å². The Morgan fingerprint density at radius 2 is 1.23 bits per heavy atom. The first kappa shape index (κ1) is 39.7. The molecule has 5 heteroatoms. The van der Waals surface area contributed by atoms with E-state index in [0.29, 0.717) is 11.8 Å². The fourth-order valence-electron chi connectivity index (χ4n) is 9.03. The molecule has 304 valence electrons. The Kier molecular flexibility index (Phi) is 10.2. The number of aryl methyl sites for hydroxylation is 2. The Bertz CT molecular complexity index is 3030. The van der Waals surface area contributed by atoms with Gasteiger partial charge in [-0.05, 0) is 142 Å². The predicted molar refractivity (Wildman–Crippen MR) is 255 cm³/mol. The van der Waals surface area contributed by atoms with Gasteiger partial charge >= 0.3 is 0 Å². The Morgan fingerprint density at radius 1 is 0.541 bits per heavy atom. The summed E-state index contributed by atoms with van der Waals surface area (Å²) in [6.07, 6.45) is 5.88. The monoisotopic (exact) mass is 798 g/mol. The molecule has 9 aromatic rings. The number of para-hydroxylation sites is 1. The minimum Gasteiger partial charge on any atom is -0.457 e. The average Bonchev–Trinajstić information content (AvgIpc) is 3.86. The lowest BCUT2D eigenvalue weighted by Crippen LogP contribution is -2.11. The molecule has 0 spiro atoms. The van der Waals surface area contributed by atoms with Gasteiger partial charge < -0.3 is 4.74 Å². The molecule has 0 N–H and O–H groups in total. The molecule has 9 rings (SSSR count). The van der Waals surface area contributed by atoms with E-state index in [2.05, 4.69) is 205 Å². The summed E-state index contributed by atoms with van der Waals surface area (Å²) >= 11 is 0. The molecule has 5 nitrogen and oxygen atoms in total. The van der Waals surface area contributed by atoms with Gasteiger partial charge in [-0.3, -0.25) is 9.13 Å². The molecular weight excluding hydrogens is 745 g/mol. The van der Waals surface area contributed by atoms with Crippen LogP contribution in [0, 0.1) is 13.8 Å². The second-order valence-electron chi connectivity index (χ2n) is 18.1. The number of rotatable bonds is 9. The molecule has 6 aromatic carbocycles. The number of nitrogens with zero attached hydrogens (tertiary/aromatic N) is 4. The normalized spacial score (nSPS) is 12.0. The van der Waals surface area contributed by atoms with Gasteiger partial charge in [0.1, 0.15) is 23.1 Å². The van der Waals surface area contributed by atoms with E-state index in [9.17, 15) is 0 Å². The third-order valence-corrected chi connectivity index (χ3v) is 12.1. The van der Waals surface area contributed by atoms with Crippen LogP contribution in [0.2, 0.25) is 0 Å². The van der Waals surface area contributed by atoms with E-state index in [1.54, 1.807) is 0 Å². The minimum atomic E-state index is 0.0161. The molecule has 0 radical (unpaired) electrons. The summed E-state index contributed by atoms with van der Waals surface area (Å²) in [5.41, 5.74) is 15.4. The number of aromatic nitrogens is 4. The molecule has 3 aromatic heterocycles. The van der Waals surface area contributed by atoms with Gasteiger partial charge in [0.05, 0.1) is 11.0 Å². The Morgan fingerprint density at radius 3 is 1.97 bits per heavy atom. The number of hydrogen-bond donors (Lipinski definition) is 0. The van der Waals surface area contributed by atoms with E-state index in [0.717, 1.165) is 56.4 Å². The van der Waals surface area contributed by atoms with Crippen molar-refractivity contribution in [1.82, 2.24) is 19.1 Å². The van der Waals surface area contributed by atoms with Crippen LogP contribution < -0.4 is 4.74 Å². The quantitative estimate of drug-likeness (QED) is 0.146. The van der Waals surface area contributed by atoms with Crippen LogP contribution in [0.3, 0.4) is 0 Å². The molecule has 0 saturated carbocycles. The third kappa shape index (κ3) is 7.43. The highest BCUT2D eigenvalue weighted by Crippen LogP contribution is 2.41. The second-order valence-corrected chi connectivity index (χ2v) is 18.1. The topological polar surface area (TPSA) is 44.9 Å². The molecular formula is C56H54N4O. The first-order valence-corrected chi connectivity index (χ1v) is 21.5. The summed E-state index contributed by atoms with van der Waals surface area (Å²) in [6, 6.07) is 47.9. The third-order valence-electron chi connectivity index (χ3n) is 12.1. The Labute approximate surface area is 360 Å². The largest absolute Gasteiger partial charge is 0.457 e. The number of imidazole rings is 1. The van der Waals surface area contributed by atoms with Gasteiger partial charge in [-0.25, -0.2) is 9.97 Å². The van der Waals surface area contributed by atoms with Crippen molar-refractivity contribution in [2.75, 3.05) is 0 Å². The molecule has 0 aliphatic carbocycles. The average molecular weight is 799 g/mol. The minimum absolute atomic E-state index is 0.0161. The van der Waals surface area contributed by atoms with E-state index >= 15 is 0 Å². The van der Waals surface area contributed by atoms with Crippen molar-refractivity contribution in [3.05, 3.63) is 180 Å².